The van der Waals surface area contributed by atoms with Gasteiger partial charge in [0.1, 0.15) is 11.9 Å². The van der Waals surface area contributed by atoms with Crippen LogP contribution in [0.1, 0.15) is 30.8 Å². The summed E-state index contributed by atoms with van der Waals surface area (Å²) in [6.45, 7) is 3.73. The Bertz CT molecular complexity index is 574. The number of hydrogen-bond donors (Lipinski definition) is 3. The van der Waals surface area contributed by atoms with Crippen molar-refractivity contribution in [3.8, 4) is 0 Å². The lowest BCUT2D eigenvalue weighted by Gasteiger charge is -2.18. The molecular formula is C15H21N3O5. The number of ether oxygens (including phenoxy) is 1. The van der Waals surface area contributed by atoms with Crippen LogP contribution in [0.4, 0.5) is 5.82 Å². The summed E-state index contributed by atoms with van der Waals surface area (Å²) in [6.07, 6.45) is 0.463. The zero-order valence-corrected chi connectivity index (χ0v) is 13.3. The quantitative estimate of drug-likeness (QED) is 0.608. The Morgan fingerprint density at radius 2 is 2.00 bits per heavy atom. The monoisotopic (exact) mass is 323 g/mol. The van der Waals surface area contributed by atoms with Crippen molar-refractivity contribution in [3.05, 3.63) is 23.9 Å². The average Bonchev–Trinajstić information content (AvgIpc) is 2.51. The normalized spacial score (nSPS) is 11.7. The number of hydrogen-bond acceptors (Lipinski definition) is 6. The van der Waals surface area contributed by atoms with Crippen LogP contribution >= 0.6 is 0 Å². The van der Waals surface area contributed by atoms with E-state index in [1.54, 1.807) is 6.07 Å². The summed E-state index contributed by atoms with van der Waals surface area (Å²) in [5, 5.41) is 14.2. The largest absolute Gasteiger partial charge is 0.477 e. The number of aromatic carboxylic acids is 1. The predicted octanol–water partition coefficient (Wildman–Crippen LogP) is 0.896. The lowest BCUT2D eigenvalue weighted by Crippen LogP contribution is -2.44. The highest BCUT2D eigenvalue weighted by atomic mass is 16.5. The molecule has 0 saturated heterocycles. The first kappa shape index (κ1) is 18.4. The SMILES string of the molecule is COC(=O)[C@H](CC(C)C)NC(=O)CNc1cccc(C(=O)O)n1. The number of esters is 1. The molecule has 126 valence electrons. The van der Waals surface area contributed by atoms with E-state index < -0.39 is 23.9 Å². The van der Waals surface area contributed by atoms with Gasteiger partial charge in [0.15, 0.2) is 5.69 Å². The van der Waals surface area contributed by atoms with Gasteiger partial charge >= 0.3 is 11.9 Å². The smallest absolute Gasteiger partial charge is 0.354 e. The molecule has 8 nitrogen and oxygen atoms in total. The zero-order valence-electron chi connectivity index (χ0n) is 13.3. The summed E-state index contributed by atoms with van der Waals surface area (Å²) >= 11 is 0. The van der Waals surface area contributed by atoms with E-state index in [1.807, 2.05) is 13.8 Å². The predicted molar refractivity (Wildman–Crippen MR) is 83.1 cm³/mol. The highest BCUT2D eigenvalue weighted by Crippen LogP contribution is 2.07. The Morgan fingerprint density at radius 1 is 1.30 bits per heavy atom. The van der Waals surface area contributed by atoms with Gasteiger partial charge in [0.2, 0.25) is 5.91 Å². The summed E-state index contributed by atoms with van der Waals surface area (Å²) in [5.41, 5.74) is -0.123. The third-order valence-electron chi connectivity index (χ3n) is 2.93. The van der Waals surface area contributed by atoms with E-state index in [2.05, 4.69) is 20.4 Å². The lowest BCUT2D eigenvalue weighted by molar-refractivity contribution is -0.145. The Morgan fingerprint density at radius 3 is 2.57 bits per heavy atom. The molecule has 1 heterocycles. The molecule has 1 atom stereocenters. The van der Waals surface area contributed by atoms with E-state index in [0.717, 1.165) is 0 Å². The molecule has 0 spiro atoms. The average molecular weight is 323 g/mol. The molecule has 1 aromatic heterocycles. The maximum atomic E-state index is 11.9. The molecule has 0 unspecified atom stereocenters. The number of anilines is 1. The van der Waals surface area contributed by atoms with Crippen LogP contribution in [0.25, 0.3) is 0 Å². The number of amides is 1. The fraction of sp³-hybridized carbons (Fsp3) is 0.467. The van der Waals surface area contributed by atoms with Crippen molar-refractivity contribution in [2.45, 2.75) is 26.3 Å². The molecular weight excluding hydrogens is 302 g/mol. The molecule has 1 rings (SSSR count). The van der Waals surface area contributed by atoms with Crippen molar-refractivity contribution >= 4 is 23.7 Å². The number of methoxy groups -OCH3 is 1. The van der Waals surface area contributed by atoms with Crippen LogP contribution in [0, 0.1) is 5.92 Å². The molecule has 23 heavy (non-hydrogen) atoms. The van der Waals surface area contributed by atoms with Gasteiger partial charge in [-0.05, 0) is 24.5 Å². The van der Waals surface area contributed by atoms with Crippen LogP contribution in [-0.2, 0) is 14.3 Å². The maximum Gasteiger partial charge on any atom is 0.354 e. The van der Waals surface area contributed by atoms with Gasteiger partial charge in [-0.15, -0.1) is 0 Å². The minimum Gasteiger partial charge on any atom is -0.477 e. The molecule has 1 aromatic rings. The summed E-state index contributed by atoms with van der Waals surface area (Å²) in [5.74, 6) is -1.60. The second kappa shape index (κ2) is 8.72. The van der Waals surface area contributed by atoms with Crippen LogP contribution in [0.2, 0.25) is 0 Å². The second-order valence-electron chi connectivity index (χ2n) is 5.34. The number of nitrogens with zero attached hydrogens (tertiary/aromatic N) is 1. The fourth-order valence-electron chi connectivity index (χ4n) is 1.90. The van der Waals surface area contributed by atoms with Crippen molar-refractivity contribution in [1.82, 2.24) is 10.3 Å². The topological polar surface area (TPSA) is 118 Å². The highest BCUT2D eigenvalue weighted by Gasteiger charge is 2.22. The molecule has 0 saturated carbocycles. The third-order valence-corrected chi connectivity index (χ3v) is 2.93. The summed E-state index contributed by atoms with van der Waals surface area (Å²) < 4.78 is 4.67. The molecule has 0 fully saturated rings. The van der Waals surface area contributed by atoms with Crippen LogP contribution < -0.4 is 10.6 Å². The first-order valence-corrected chi connectivity index (χ1v) is 7.15. The van der Waals surface area contributed by atoms with Gasteiger partial charge in [-0.1, -0.05) is 19.9 Å². The number of rotatable bonds is 8. The van der Waals surface area contributed by atoms with Gasteiger partial charge in [-0.3, -0.25) is 4.79 Å². The van der Waals surface area contributed by atoms with E-state index in [9.17, 15) is 14.4 Å². The van der Waals surface area contributed by atoms with Gasteiger partial charge in [-0.25, -0.2) is 14.6 Å². The molecule has 8 heteroatoms. The fourth-order valence-corrected chi connectivity index (χ4v) is 1.90. The van der Waals surface area contributed by atoms with Gasteiger partial charge in [0.05, 0.1) is 13.7 Å². The first-order chi connectivity index (χ1) is 10.8. The standard InChI is InChI=1S/C15H21N3O5/c1-9(2)7-11(15(22)23-3)18-13(19)8-16-12-6-4-5-10(17-12)14(20)21/h4-6,9,11H,7-8H2,1-3H3,(H,16,17)(H,18,19)(H,20,21)/t11-/m0/s1. The number of nitrogens with one attached hydrogen (secondary N) is 2. The number of carbonyl (C=O) groups excluding carboxylic acids is 2. The van der Waals surface area contributed by atoms with E-state index in [0.29, 0.717) is 6.42 Å². The zero-order chi connectivity index (χ0) is 17.4. The molecule has 0 aliphatic heterocycles. The van der Waals surface area contributed by atoms with E-state index in [4.69, 9.17) is 5.11 Å². The van der Waals surface area contributed by atoms with Crippen molar-refractivity contribution in [1.29, 1.82) is 0 Å². The number of carboxylic acids is 1. The van der Waals surface area contributed by atoms with Crippen molar-refractivity contribution in [2.24, 2.45) is 5.92 Å². The number of aromatic nitrogens is 1. The minimum absolute atomic E-state index is 0.123. The van der Waals surface area contributed by atoms with Crippen LogP contribution in [0.3, 0.4) is 0 Å². The Kier molecular flexibility index (Phi) is 6.98. The van der Waals surface area contributed by atoms with Crippen LogP contribution in [0.5, 0.6) is 0 Å². The summed E-state index contributed by atoms with van der Waals surface area (Å²) in [4.78, 5) is 38.2. The Labute approximate surface area is 134 Å². The summed E-state index contributed by atoms with van der Waals surface area (Å²) in [7, 11) is 1.27. The number of pyridine rings is 1. The van der Waals surface area contributed by atoms with E-state index >= 15 is 0 Å². The van der Waals surface area contributed by atoms with Crippen LogP contribution in [-0.4, -0.2) is 47.6 Å². The first-order valence-electron chi connectivity index (χ1n) is 7.15. The number of carbonyl (C=O) groups is 3. The molecule has 0 radical (unpaired) electrons. The van der Waals surface area contributed by atoms with Gasteiger partial charge in [0.25, 0.3) is 0 Å². The second-order valence-corrected chi connectivity index (χ2v) is 5.34. The minimum atomic E-state index is -1.15. The van der Waals surface area contributed by atoms with Gasteiger partial charge in [-0.2, -0.15) is 0 Å². The third kappa shape index (κ3) is 6.33. The molecule has 0 aliphatic rings. The Hall–Kier alpha value is -2.64. The van der Waals surface area contributed by atoms with Crippen LogP contribution in [0.15, 0.2) is 18.2 Å². The maximum absolute atomic E-state index is 11.9. The molecule has 0 bridgehead atoms. The Balaban J connectivity index is 2.59. The molecule has 1 amide bonds. The van der Waals surface area contributed by atoms with Gasteiger partial charge in [0, 0.05) is 0 Å². The summed E-state index contributed by atoms with van der Waals surface area (Å²) in [6, 6.07) is 3.70. The van der Waals surface area contributed by atoms with Gasteiger partial charge < -0.3 is 20.5 Å². The van der Waals surface area contributed by atoms with E-state index in [1.165, 1.54) is 19.2 Å². The lowest BCUT2D eigenvalue weighted by atomic mass is 10.0. The molecule has 0 aromatic carbocycles. The molecule has 3 N–H and O–H groups in total. The van der Waals surface area contributed by atoms with Crippen molar-refractivity contribution in [2.75, 3.05) is 19.0 Å². The molecule has 0 aliphatic carbocycles. The number of carboxylic acid groups (broad SMARTS) is 1. The van der Waals surface area contributed by atoms with Crippen molar-refractivity contribution in [3.63, 3.8) is 0 Å². The highest BCUT2D eigenvalue weighted by molar-refractivity contribution is 5.87. The van der Waals surface area contributed by atoms with E-state index in [-0.39, 0.29) is 24.0 Å². The van der Waals surface area contributed by atoms with Crippen molar-refractivity contribution < 1.29 is 24.2 Å².